The Morgan fingerprint density at radius 3 is 2.46 bits per heavy atom. The summed E-state index contributed by atoms with van der Waals surface area (Å²) in [6.07, 6.45) is 4.62. The SMILES string of the molecule is CC(=O)OC1CC2(C)C3=CCC4C(C)(C)C(OC5OCC(O)C(O)C5O)CCC4(C)C3CCC23C(=O)OC(C)(CCCC(C)C)C13. The lowest BCUT2D eigenvalue weighted by molar-refractivity contribution is -0.303. The maximum absolute atomic E-state index is 14.3. The summed E-state index contributed by atoms with van der Waals surface area (Å²) in [6, 6.07) is 0. The number of aliphatic hydroxyl groups is 3. The smallest absolute Gasteiger partial charge is 0.314 e. The molecular weight excluding hydrogens is 588 g/mol. The first-order valence-electron chi connectivity index (χ1n) is 17.8. The van der Waals surface area contributed by atoms with E-state index in [1.54, 1.807) is 0 Å². The van der Waals surface area contributed by atoms with Gasteiger partial charge in [0.1, 0.15) is 30.0 Å². The predicted molar refractivity (Wildman–Crippen MR) is 170 cm³/mol. The first-order chi connectivity index (χ1) is 21.4. The van der Waals surface area contributed by atoms with Crippen molar-refractivity contribution >= 4 is 11.9 Å². The van der Waals surface area contributed by atoms with E-state index in [-0.39, 0.29) is 59.3 Å². The van der Waals surface area contributed by atoms with E-state index < -0.39 is 41.0 Å². The van der Waals surface area contributed by atoms with Crippen LogP contribution in [0.2, 0.25) is 0 Å². The monoisotopic (exact) mass is 646 g/mol. The molecule has 6 rings (SSSR count). The minimum absolute atomic E-state index is 0.0437. The molecule has 46 heavy (non-hydrogen) atoms. The summed E-state index contributed by atoms with van der Waals surface area (Å²) in [7, 11) is 0. The summed E-state index contributed by atoms with van der Waals surface area (Å²) in [5.41, 5.74) is -0.839. The van der Waals surface area contributed by atoms with Gasteiger partial charge in [-0.15, -0.1) is 0 Å². The van der Waals surface area contributed by atoms with Gasteiger partial charge in [-0.25, -0.2) is 0 Å². The summed E-state index contributed by atoms with van der Waals surface area (Å²) in [6.45, 7) is 17.1. The molecule has 1 spiro atoms. The van der Waals surface area contributed by atoms with Crippen molar-refractivity contribution < 1.29 is 43.9 Å². The van der Waals surface area contributed by atoms with Gasteiger partial charge in [0, 0.05) is 12.3 Å². The highest BCUT2D eigenvalue weighted by Gasteiger charge is 2.79. The topological polar surface area (TPSA) is 132 Å². The first kappa shape index (κ1) is 34.3. The number of fused-ring (bicyclic) bond motifs is 4. The molecule has 0 bridgehead atoms. The third-order valence-electron chi connectivity index (χ3n) is 14.0. The molecule has 0 radical (unpaired) electrons. The third-order valence-corrected chi connectivity index (χ3v) is 14.0. The molecule has 13 atom stereocenters. The minimum atomic E-state index is -1.32. The van der Waals surface area contributed by atoms with Crippen LogP contribution >= 0.6 is 0 Å². The van der Waals surface area contributed by atoms with Gasteiger partial charge in [0.15, 0.2) is 6.29 Å². The van der Waals surface area contributed by atoms with Crippen molar-refractivity contribution in [2.45, 2.75) is 156 Å². The molecule has 4 aliphatic carbocycles. The van der Waals surface area contributed by atoms with Gasteiger partial charge in [-0.1, -0.05) is 59.6 Å². The Labute approximate surface area is 274 Å². The summed E-state index contributed by atoms with van der Waals surface area (Å²) >= 11 is 0. The fourth-order valence-electron chi connectivity index (χ4n) is 11.9. The van der Waals surface area contributed by atoms with E-state index in [9.17, 15) is 24.9 Å². The second-order valence-corrected chi connectivity index (χ2v) is 17.4. The maximum Gasteiger partial charge on any atom is 0.314 e. The van der Waals surface area contributed by atoms with Crippen molar-refractivity contribution in [2.24, 2.45) is 45.3 Å². The van der Waals surface area contributed by atoms with Crippen LogP contribution in [0.5, 0.6) is 0 Å². The summed E-state index contributed by atoms with van der Waals surface area (Å²) in [5, 5.41) is 30.8. The van der Waals surface area contributed by atoms with Gasteiger partial charge >= 0.3 is 11.9 Å². The lowest BCUT2D eigenvalue weighted by Crippen LogP contribution is -2.61. The highest BCUT2D eigenvalue weighted by Crippen LogP contribution is 2.76. The van der Waals surface area contributed by atoms with Gasteiger partial charge in [0.25, 0.3) is 0 Å². The van der Waals surface area contributed by atoms with E-state index in [0.29, 0.717) is 12.3 Å². The Bertz CT molecular complexity index is 1250. The van der Waals surface area contributed by atoms with Crippen LogP contribution in [-0.4, -0.2) is 76.3 Å². The van der Waals surface area contributed by atoms with E-state index in [2.05, 4.69) is 54.5 Å². The van der Waals surface area contributed by atoms with Crippen molar-refractivity contribution in [1.29, 1.82) is 0 Å². The molecular formula is C37H58O9. The molecule has 6 aliphatic rings. The summed E-state index contributed by atoms with van der Waals surface area (Å²) in [4.78, 5) is 26.8. The van der Waals surface area contributed by atoms with Crippen LogP contribution in [0.3, 0.4) is 0 Å². The van der Waals surface area contributed by atoms with Crippen LogP contribution in [0.25, 0.3) is 0 Å². The average Bonchev–Trinajstić information content (AvgIpc) is 3.36. The number of rotatable bonds is 7. The molecule has 0 aromatic carbocycles. The maximum atomic E-state index is 14.3. The fourth-order valence-corrected chi connectivity index (χ4v) is 11.9. The normalized spacial score (nSPS) is 49.3. The number of hydrogen-bond donors (Lipinski definition) is 3. The predicted octanol–water partition coefficient (Wildman–Crippen LogP) is 5.08. The molecule has 0 aromatic heterocycles. The molecule has 0 aromatic rings. The Balaban J connectivity index is 1.31. The lowest BCUT2D eigenvalue weighted by atomic mass is 9.41. The molecule has 9 nitrogen and oxygen atoms in total. The molecule has 2 saturated heterocycles. The van der Waals surface area contributed by atoms with Gasteiger partial charge in [-0.3, -0.25) is 9.59 Å². The highest BCUT2D eigenvalue weighted by molar-refractivity contribution is 5.84. The molecule has 2 aliphatic heterocycles. The number of hydrogen-bond acceptors (Lipinski definition) is 9. The zero-order chi connectivity index (χ0) is 33.6. The Morgan fingerprint density at radius 1 is 1.07 bits per heavy atom. The standard InChI is InChI=1S/C37H58O9/c1-20(2)10-9-15-36(8)30-25(44-21(3)38)18-35(7)23-11-12-26-33(4,5)27(45-31-29(41)28(40)24(39)19-43-31)14-16-34(26,6)22(23)13-17-37(30,35)32(42)46-36/h11,20,22,24-31,39-41H,9-10,12-19H2,1-8H3. The van der Waals surface area contributed by atoms with E-state index in [0.717, 1.165) is 51.4 Å². The lowest BCUT2D eigenvalue weighted by Gasteiger charge is -2.63. The van der Waals surface area contributed by atoms with Gasteiger partial charge in [-0.2, -0.15) is 0 Å². The van der Waals surface area contributed by atoms with E-state index in [1.165, 1.54) is 12.5 Å². The number of esters is 2. The average molecular weight is 647 g/mol. The van der Waals surface area contributed by atoms with Crippen LogP contribution in [0.4, 0.5) is 0 Å². The number of aliphatic hydroxyl groups excluding tert-OH is 3. The van der Waals surface area contributed by atoms with Crippen LogP contribution in [0, 0.1) is 45.3 Å². The fraction of sp³-hybridized carbons (Fsp3) is 0.892. The molecule has 260 valence electrons. The van der Waals surface area contributed by atoms with Crippen LogP contribution in [0.1, 0.15) is 113 Å². The van der Waals surface area contributed by atoms with Crippen molar-refractivity contribution in [3.8, 4) is 0 Å². The number of carbonyl (C=O) groups is 2. The minimum Gasteiger partial charge on any atom is -0.462 e. The number of cyclic esters (lactones) is 1. The van der Waals surface area contributed by atoms with Crippen LogP contribution in [0.15, 0.2) is 11.6 Å². The number of ether oxygens (including phenoxy) is 4. The van der Waals surface area contributed by atoms with Crippen LogP contribution in [-0.2, 0) is 28.5 Å². The Hall–Kier alpha value is -1.52. The summed E-state index contributed by atoms with van der Waals surface area (Å²) < 4.78 is 24.6. The van der Waals surface area contributed by atoms with Gasteiger partial charge in [0.05, 0.1) is 24.0 Å². The highest BCUT2D eigenvalue weighted by atomic mass is 16.7. The molecule has 9 heteroatoms. The molecule has 3 saturated carbocycles. The van der Waals surface area contributed by atoms with Crippen molar-refractivity contribution in [2.75, 3.05) is 6.61 Å². The van der Waals surface area contributed by atoms with Crippen LogP contribution < -0.4 is 0 Å². The molecule has 5 fully saturated rings. The van der Waals surface area contributed by atoms with Crippen molar-refractivity contribution in [1.82, 2.24) is 0 Å². The van der Waals surface area contributed by atoms with E-state index in [1.807, 2.05) is 0 Å². The van der Waals surface area contributed by atoms with E-state index >= 15 is 0 Å². The van der Waals surface area contributed by atoms with Gasteiger partial charge < -0.3 is 34.3 Å². The Morgan fingerprint density at radius 2 is 1.78 bits per heavy atom. The number of carbonyl (C=O) groups excluding carboxylic acids is 2. The molecule has 2 heterocycles. The first-order valence-corrected chi connectivity index (χ1v) is 17.8. The Kier molecular flexibility index (Phi) is 8.61. The molecule has 3 N–H and O–H groups in total. The van der Waals surface area contributed by atoms with Gasteiger partial charge in [0.2, 0.25) is 0 Å². The van der Waals surface area contributed by atoms with Gasteiger partial charge in [-0.05, 0) is 86.9 Å². The molecule has 0 amide bonds. The van der Waals surface area contributed by atoms with Crippen molar-refractivity contribution in [3.63, 3.8) is 0 Å². The second-order valence-electron chi connectivity index (χ2n) is 17.4. The number of allylic oxidation sites excluding steroid dienone is 2. The van der Waals surface area contributed by atoms with E-state index in [4.69, 9.17) is 18.9 Å². The summed E-state index contributed by atoms with van der Waals surface area (Å²) in [5.74, 6) is 0.518. The zero-order valence-corrected chi connectivity index (χ0v) is 29.2. The second kappa shape index (κ2) is 11.5. The quantitative estimate of drug-likeness (QED) is 0.256. The largest absolute Gasteiger partial charge is 0.462 e. The zero-order valence-electron chi connectivity index (χ0n) is 29.2. The van der Waals surface area contributed by atoms with Crippen molar-refractivity contribution in [3.05, 3.63) is 11.6 Å². The third kappa shape index (κ3) is 4.87. The molecule has 13 unspecified atom stereocenters.